The maximum atomic E-state index is 12.0. The molecule has 0 atom stereocenters. The lowest BCUT2D eigenvalue weighted by atomic mass is 10.2. The Bertz CT molecular complexity index is 598. The van der Waals surface area contributed by atoms with E-state index in [-0.39, 0.29) is 11.6 Å². The van der Waals surface area contributed by atoms with Crippen LogP contribution in [0.4, 0.5) is 11.5 Å². The molecule has 0 aliphatic heterocycles. The van der Waals surface area contributed by atoms with E-state index in [0.29, 0.717) is 5.82 Å². The molecule has 0 aliphatic carbocycles. The van der Waals surface area contributed by atoms with Crippen LogP contribution >= 0.6 is 15.9 Å². The van der Waals surface area contributed by atoms with Crippen LogP contribution in [0.25, 0.3) is 0 Å². The third-order valence-electron chi connectivity index (χ3n) is 2.66. The first-order valence-electron chi connectivity index (χ1n) is 5.68. The van der Waals surface area contributed by atoms with E-state index in [1.54, 1.807) is 7.05 Å². The van der Waals surface area contributed by atoms with E-state index >= 15 is 0 Å². The van der Waals surface area contributed by atoms with Gasteiger partial charge in [0.1, 0.15) is 11.5 Å². The Balaban J connectivity index is 2.18. The zero-order valence-electron chi connectivity index (χ0n) is 10.6. The number of carbonyl (C=O) groups is 1. The summed E-state index contributed by atoms with van der Waals surface area (Å²) in [6, 6.07) is 5.63. The molecule has 0 saturated heterocycles. The van der Waals surface area contributed by atoms with Crippen molar-refractivity contribution in [3.8, 4) is 0 Å². The maximum Gasteiger partial charge on any atom is 0.275 e. The summed E-state index contributed by atoms with van der Waals surface area (Å²) in [6.07, 6.45) is 2.96. The fourth-order valence-corrected chi connectivity index (χ4v) is 1.87. The molecule has 1 aromatic heterocycles. The lowest BCUT2D eigenvalue weighted by Crippen LogP contribution is -2.15. The number of nitrogens with zero attached hydrogens (tertiary/aromatic N) is 2. The van der Waals surface area contributed by atoms with Gasteiger partial charge in [-0.25, -0.2) is 9.97 Å². The Morgan fingerprint density at radius 2 is 2.05 bits per heavy atom. The second-order valence-electron chi connectivity index (χ2n) is 3.90. The van der Waals surface area contributed by atoms with Crippen LogP contribution in [0.3, 0.4) is 0 Å². The number of aromatic nitrogens is 2. The molecule has 0 unspecified atom stereocenters. The van der Waals surface area contributed by atoms with Gasteiger partial charge < -0.3 is 10.6 Å². The third kappa shape index (κ3) is 3.08. The van der Waals surface area contributed by atoms with Gasteiger partial charge in [-0.05, 0) is 24.6 Å². The predicted octanol–water partition coefficient (Wildman–Crippen LogP) is 2.84. The van der Waals surface area contributed by atoms with E-state index in [9.17, 15) is 4.79 Å². The average molecular weight is 321 g/mol. The molecule has 2 aromatic rings. The SMILES string of the molecule is CNc1cnc(C(=O)Nc2cccc(Br)c2C)cn1. The summed E-state index contributed by atoms with van der Waals surface area (Å²) in [5.41, 5.74) is 1.99. The summed E-state index contributed by atoms with van der Waals surface area (Å²) < 4.78 is 0.946. The summed E-state index contributed by atoms with van der Waals surface area (Å²) in [6.45, 7) is 1.93. The van der Waals surface area contributed by atoms with Gasteiger partial charge in [-0.2, -0.15) is 0 Å². The molecule has 0 saturated carbocycles. The van der Waals surface area contributed by atoms with Crippen molar-refractivity contribution < 1.29 is 4.79 Å². The van der Waals surface area contributed by atoms with E-state index in [2.05, 4.69) is 36.5 Å². The highest BCUT2D eigenvalue weighted by Gasteiger charge is 2.10. The second-order valence-corrected chi connectivity index (χ2v) is 4.76. The smallest absolute Gasteiger partial charge is 0.275 e. The Morgan fingerprint density at radius 1 is 1.26 bits per heavy atom. The molecule has 0 spiro atoms. The third-order valence-corrected chi connectivity index (χ3v) is 3.52. The minimum absolute atomic E-state index is 0.276. The summed E-state index contributed by atoms with van der Waals surface area (Å²) in [7, 11) is 1.74. The van der Waals surface area contributed by atoms with Crippen LogP contribution in [0.15, 0.2) is 35.1 Å². The summed E-state index contributed by atoms with van der Waals surface area (Å²) in [5.74, 6) is 0.339. The normalized spacial score (nSPS) is 10.1. The first kappa shape index (κ1) is 13.5. The highest BCUT2D eigenvalue weighted by Crippen LogP contribution is 2.23. The molecule has 1 amide bonds. The Labute approximate surface area is 119 Å². The first-order chi connectivity index (χ1) is 9.11. The van der Waals surface area contributed by atoms with Crippen molar-refractivity contribution in [2.24, 2.45) is 0 Å². The highest BCUT2D eigenvalue weighted by atomic mass is 79.9. The van der Waals surface area contributed by atoms with Gasteiger partial charge in [0, 0.05) is 17.2 Å². The summed E-state index contributed by atoms with van der Waals surface area (Å²) in [5, 5.41) is 5.66. The standard InChI is InChI=1S/C13H13BrN4O/c1-8-9(14)4-3-5-10(8)18-13(19)11-6-17-12(15-2)7-16-11/h3-7H,1-2H3,(H,15,17)(H,18,19). The molecule has 1 heterocycles. The second kappa shape index (κ2) is 5.79. The van der Waals surface area contributed by atoms with Gasteiger partial charge in [0.15, 0.2) is 0 Å². The minimum Gasteiger partial charge on any atom is -0.372 e. The van der Waals surface area contributed by atoms with Crippen LogP contribution in [0.5, 0.6) is 0 Å². The first-order valence-corrected chi connectivity index (χ1v) is 6.47. The highest BCUT2D eigenvalue weighted by molar-refractivity contribution is 9.10. The van der Waals surface area contributed by atoms with Crippen molar-refractivity contribution >= 4 is 33.3 Å². The lowest BCUT2D eigenvalue weighted by Gasteiger charge is -2.09. The molecule has 1 aromatic carbocycles. The predicted molar refractivity (Wildman–Crippen MR) is 78.4 cm³/mol. The van der Waals surface area contributed by atoms with Gasteiger partial charge in [-0.15, -0.1) is 0 Å². The summed E-state index contributed by atoms with van der Waals surface area (Å²) in [4.78, 5) is 20.1. The number of benzene rings is 1. The Morgan fingerprint density at radius 3 is 2.68 bits per heavy atom. The number of nitrogens with one attached hydrogen (secondary N) is 2. The van der Waals surface area contributed by atoms with Crippen molar-refractivity contribution in [2.45, 2.75) is 6.92 Å². The Kier molecular flexibility index (Phi) is 4.11. The van der Waals surface area contributed by atoms with Gasteiger partial charge >= 0.3 is 0 Å². The fraction of sp³-hybridized carbons (Fsp3) is 0.154. The number of carbonyl (C=O) groups excluding carboxylic acids is 1. The molecule has 2 N–H and O–H groups in total. The van der Waals surface area contributed by atoms with Gasteiger partial charge in [-0.1, -0.05) is 22.0 Å². The van der Waals surface area contributed by atoms with E-state index in [1.165, 1.54) is 12.4 Å². The number of halogens is 1. The molecule has 5 nitrogen and oxygen atoms in total. The topological polar surface area (TPSA) is 66.9 Å². The zero-order chi connectivity index (χ0) is 13.8. The monoisotopic (exact) mass is 320 g/mol. The van der Waals surface area contributed by atoms with Gasteiger partial charge in [-0.3, -0.25) is 4.79 Å². The molecule has 19 heavy (non-hydrogen) atoms. The van der Waals surface area contributed by atoms with Crippen LogP contribution < -0.4 is 10.6 Å². The van der Waals surface area contributed by atoms with Gasteiger partial charge in [0.25, 0.3) is 5.91 Å². The number of anilines is 2. The van der Waals surface area contributed by atoms with Crippen molar-refractivity contribution in [1.82, 2.24) is 9.97 Å². The number of hydrogen-bond acceptors (Lipinski definition) is 4. The zero-order valence-corrected chi connectivity index (χ0v) is 12.2. The molecule has 0 radical (unpaired) electrons. The van der Waals surface area contributed by atoms with Crippen LogP contribution in [-0.2, 0) is 0 Å². The molecule has 0 aliphatic rings. The largest absolute Gasteiger partial charge is 0.372 e. The van der Waals surface area contributed by atoms with E-state index in [4.69, 9.17) is 0 Å². The summed E-state index contributed by atoms with van der Waals surface area (Å²) >= 11 is 3.42. The number of rotatable bonds is 3. The molecule has 0 fully saturated rings. The van der Waals surface area contributed by atoms with Crippen molar-refractivity contribution in [3.05, 3.63) is 46.3 Å². The maximum absolute atomic E-state index is 12.0. The van der Waals surface area contributed by atoms with E-state index < -0.39 is 0 Å². The molecular formula is C13H13BrN4O. The van der Waals surface area contributed by atoms with Gasteiger partial charge in [0.05, 0.1) is 12.4 Å². The molecule has 2 rings (SSSR count). The van der Waals surface area contributed by atoms with Gasteiger partial charge in [0.2, 0.25) is 0 Å². The molecule has 98 valence electrons. The average Bonchev–Trinajstić information content (AvgIpc) is 2.44. The lowest BCUT2D eigenvalue weighted by molar-refractivity contribution is 0.102. The van der Waals surface area contributed by atoms with Crippen LogP contribution in [0.1, 0.15) is 16.1 Å². The number of amides is 1. The van der Waals surface area contributed by atoms with Crippen molar-refractivity contribution in [3.63, 3.8) is 0 Å². The van der Waals surface area contributed by atoms with Crippen LogP contribution in [-0.4, -0.2) is 22.9 Å². The minimum atomic E-state index is -0.281. The van der Waals surface area contributed by atoms with Crippen LogP contribution in [0.2, 0.25) is 0 Å². The van der Waals surface area contributed by atoms with E-state index in [0.717, 1.165) is 15.7 Å². The quantitative estimate of drug-likeness (QED) is 0.912. The Hall–Kier alpha value is -1.95. The fourth-order valence-electron chi connectivity index (χ4n) is 1.50. The van der Waals surface area contributed by atoms with E-state index in [1.807, 2.05) is 25.1 Å². The van der Waals surface area contributed by atoms with Crippen LogP contribution in [0, 0.1) is 6.92 Å². The molecule has 0 bridgehead atoms. The van der Waals surface area contributed by atoms with Crippen molar-refractivity contribution in [2.75, 3.05) is 17.7 Å². The number of hydrogen-bond donors (Lipinski definition) is 2. The molecule has 6 heteroatoms. The molecular weight excluding hydrogens is 308 g/mol. The van der Waals surface area contributed by atoms with Crippen molar-refractivity contribution in [1.29, 1.82) is 0 Å².